The van der Waals surface area contributed by atoms with Gasteiger partial charge in [0.2, 0.25) is 0 Å². The molecule has 3 aromatic rings. The molecule has 1 aliphatic heterocycles. The minimum Gasteiger partial charge on any atom is -0.491 e. The van der Waals surface area contributed by atoms with Crippen LogP contribution in [-0.2, 0) is 11.2 Å². The lowest BCUT2D eigenvalue weighted by Gasteiger charge is -2.25. The molecule has 2 heterocycles. The molecular weight excluding hydrogens is 436 g/mol. The van der Waals surface area contributed by atoms with Gasteiger partial charge in [0.15, 0.2) is 0 Å². The summed E-state index contributed by atoms with van der Waals surface area (Å²) >= 11 is 1.56. The molecule has 0 bridgehead atoms. The first-order valence-electron chi connectivity index (χ1n) is 11.0. The molecule has 7 nitrogen and oxygen atoms in total. The minimum absolute atomic E-state index is 0.0176. The fourth-order valence-corrected chi connectivity index (χ4v) is 5.44. The van der Waals surface area contributed by atoms with Gasteiger partial charge in [-0.25, -0.2) is 0 Å². The van der Waals surface area contributed by atoms with E-state index in [1.807, 2.05) is 48.5 Å². The first-order valence-corrected chi connectivity index (χ1v) is 11.8. The standard InChI is InChI=1S/C25H28N4O3S/c1-15(26)29-10-2-3-19(29)14-32-20-7-4-16(5-8-20)22(25(30)31)13-21-12-18-11-17(24(27)28)6-9-23(18)33-21/h4-9,11-12,19,22,26H,2-3,10,13-14H2,1H3,(H3,27,28)(H,30,31)/t19-,22?/m0/s1. The summed E-state index contributed by atoms with van der Waals surface area (Å²) in [4.78, 5) is 15.1. The van der Waals surface area contributed by atoms with E-state index in [0.29, 0.717) is 30.2 Å². The number of aliphatic carboxylic acids is 1. The Morgan fingerprint density at radius 3 is 2.67 bits per heavy atom. The smallest absolute Gasteiger partial charge is 0.311 e. The second-order valence-corrected chi connectivity index (χ2v) is 9.60. The molecule has 172 valence electrons. The van der Waals surface area contributed by atoms with Crippen molar-refractivity contribution in [3.8, 4) is 5.75 Å². The van der Waals surface area contributed by atoms with Gasteiger partial charge in [0.1, 0.15) is 18.2 Å². The maximum absolute atomic E-state index is 12.1. The Morgan fingerprint density at radius 1 is 1.24 bits per heavy atom. The normalized spacial score (nSPS) is 16.6. The third kappa shape index (κ3) is 5.17. The van der Waals surface area contributed by atoms with Crippen LogP contribution in [-0.4, -0.2) is 46.8 Å². The summed E-state index contributed by atoms with van der Waals surface area (Å²) in [5.74, 6) is -0.238. The van der Waals surface area contributed by atoms with Crippen LogP contribution in [0.15, 0.2) is 48.5 Å². The molecule has 8 heteroatoms. The van der Waals surface area contributed by atoms with Crippen LogP contribution >= 0.6 is 11.3 Å². The fourth-order valence-electron chi connectivity index (χ4n) is 4.35. The fraction of sp³-hybridized carbons (Fsp3) is 0.320. The van der Waals surface area contributed by atoms with Crippen LogP contribution in [0.25, 0.3) is 10.1 Å². The van der Waals surface area contributed by atoms with Gasteiger partial charge in [0.25, 0.3) is 0 Å². The van der Waals surface area contributed by atoms with E-state index in [0.717, 1.165) is 39.9 Å². The van der Waals surface area contributed by atoms with E-state index in [-0.39, 0.29) is 11.9 Å². The van der Waals surface area contributed by atoms with Crippen molar-refractivity contribution in [2.24, 2.45) is 5.73 Å². The Morgan fingerprint density at radius 2 is 2.00 bits per heavy atom. The lowest BCUT2D eigenvalue weighted by molar-refractivity contribution is -0.138. The van der Waals surface area contributed by atoms with Crippen LogP contribution in [0.3, 0.4) is 0 Å². The van der Waals surface area contributed by atoms with Crippen molar-refractivity contribution < 1.29 is 14.6 Å². The number of nitrogens with two attached hydrogens (primary N) is 1. The van der Waals surface area contributed by atoms with Gasteiger partial charge in [-0.2, -0.15) is 0 Å². The van der Waals surface area contributed by atoms with Crippen molar-refractivity contribution in [1.29, 1.82) is 10.8 Å². The number of nitrogens with zero attached hydrogens (tertiary/aromatic N) is 1. The second kappa shape index (κ2) is 9.62. The molecule has 2 aromatic carbocycles. The van der Waals surface area contributed by atoms with Gasteiger partial charge in [-0.15, -0.1) is 11.3 Å². The number of benzene rings is 2. The molecule has 1 saturated heterocycles. The van der Waals surface area contributed by atoms with Crippen molar-refractivity contribution in [2.45, 2.75) is 38.1 Å². The lowest BCUT2D eigenvalue weighted by atomic mass is 9.95. The van der Waals surface area contributed by atoms with Crippen molar-refractivity contribution >= 4 is 39.1 Å². The highest BCUT2D eigenvalue weighted by Gasteiger charge is 2.26. The minimum atomic E-state index is -0.867. The highest BCUT2D eigenvalue weighted by molar-refractivity contribution is 7.19. The third-order valence-corrected chi connectivity index (χ3v) is 7.25. The highest BCUT2D eigenvalue weighted by atomic mass is 32.1. The third-order valence-electron chi connectivity index (χ3n) is 6.11. The number of nitrogen functional groups attached to an aromatic ring is 1. The maximum Gasteiger partial charge on any atom is 0.311 e. The summed E-state index contributed by atoms with van der Waals surface area (Å²) in [6.07, 6.45) is 2.47. The largest absolute Gasteiger partial charge is 0.491 e. The number of carbonyl (C=O) groups is 1. The van der Waals surface area contributed by atoms with Crippen molar-refractivity contribution in [2.75, 3.05) is 13.2 Å². The molecule has 1 fully saturated rings. The Hall–Kier alpha value is -3.39. The van der Waals surface area contributed by atoms with Crippen molar-refractivity contribution in [3.05, 3.63) is 64.5 Å². The van der Waals surface area contributed by atoms with E-state index in [9.17, 15) is 9.90 Å². The molecule has 5 N–H and O–H groups in total. The number of ether oxygens (including phenoxy) is 1. The first-order chi connectivity index (χ1) is 15.8. The molecule has 4 rings (SSSR count). The average molecular weight is 465 g/mol. The summed E-state index contributed by atoms with van der Waals surface area (Å²) in [6, 6.07) is 15.1. The number of nitrogens with one attached hydrogen (secondary N) is 2. The summed E-state index contributed by atoms with van der Waals surface area (Å²) < 4.78 is 6.99. The van der Waals surface area contributed by atoms with Gasteiger partial charge in [0, 0.05) is 21.7 Å². The lowest BCUT2D eigenvalue weighted by Crippen LogP contribution is -2.37. The number of carboxylic acids is 1. The van der Waals surface area contributed by atoms with E-state index >= 15 is 0 Å². The quantitative estimate of drug-likeness (QED) is 0.290. The molecular formula is C25H28N4O3S. The van der Waals surface area contributed by atoms with E-state index in [2.05, 4.69) is 4.90 Å². The van der Waals surface area contributed by atoms with Gasteiger partial charge in [-0.05, 0) is 73.5 Å². The van der Waals surface area contributed by atoms with Gasteiger partial charge >= 0.3 is 5.97 Å². The zero-order valence-electron chi connectivity index (χ0n) is 18.5. The molecule has 0 saturated carbocycles. The average Bonchev–Trinajstić information content (AvgIpc) is 3.42. The Balaban J connectivity index is 1.45. The van der Waals surface area contributed by atoms with Crippen molar-refractivity contribution in [3.63, 3.8) is 0 Å². The number of hydrogen-bond acceptors (Lipinski definition) is 5. The number of thiophene rings is 1. The monoisotopic (exact) mass is 464 g/mol. The Bertz CT molecular complexity index is 1190. The number of hydrogen-bond donors (Lipinski definition) is 4. The molecule has 0 aliphatic carbocycles. The Kier molecular flexibility index (Phi) is 6.65. The topological polar surface area (TPSA) is 123 Å². The van der Waals surface area contributed by atoms with Crippen LogP contribution in [0.2, 0.25) is 0 Å². The molecule has 0 amide bonds. The van der Waals surface area contributed by atoms with E-state index in [4.69, 9.17) is 21.3 Å². The molecule has 2 atom stereocenters. The maximum atomic E-state index is 12.1. The number of likely N-dealkylation sites (tertiary alicyclic amines) is 1. The van der Waals surface area contributed by atoms with Crippen molar-refractivity contribution in [1.82, 2.24) is 4.90 Å². The SMILES string of the molecule is CC(=N)N1CCC[C@H]1COc1ccc(C(Cc2cc3cc(C(=N)N)ccc3s2)C(=O)O)cc1. The molecule has 33 heavy (non-hydrogen) atoms. The van der Waals surface area contributed by atoms with Gasteiger partial charge < -0.3 is 20.5 Å². The Labute approximate surface area is 196 Å². The molecule has 1 aliphatic rings. The molecule has 1 unspecified atom stereocenters. The summed E-state index contributed by atoms with van der Waals surface area (Å²) in [6.45, 7) is 3.22. The molecule has 0 radical (unpaired) electrons. The number of fused-ring (bicyclic) bond motifs is 1. The molecule has 1 aromatic heterocycles. The van der Waals surface area contributed by atoms with E-state index in [1.54, 1.807) is 18.3 Å². The van der Waals surface area contributed by atoms with Gasteiger partial charge in [0.05, 0.1) is 17.8 Å². The van der Waals surface area contributed by atoms with Gasteiger partial charge in [-0.1, -0.05) is 12.1 Å². The predicted octanol–water partition coefficient (Wildman–Crippen LogP) is 4.44. The summed E-state index contributed by atoms with van der Waals surface area (Å²) in [5.41, 5.74) is 6.98. The van der Waals surface area contributed by atoms with Gasteiger partial charge in [-0.3, -0.25) is 15.6 Å². The predicted molar refractivity (Wildman–Crippen MR) is 132 cm³/mol. The second-order valence-electron chi connectivity index (χ2n) is 8.43. The zero-order valence-corrected chi connectivity index (χ0v) is 19.3. The van der Waals surface area contributed by atoms with Crippen LogP contribution in [0.4, 0.5) is 0 Å². The van der Waals surface area contributed by atoms with E-state index < -0.39 is 11.9 Å². The van der Waals surface area contributed by atoms with Crippen LogP contribution < -0.4 is 10.5 Å². The summed E-state index contributed by atoms with van der Waals surface area (Å²) in [5, 5.41) is 26.3. The number of rotatable bonds is 8. The highest BCUT2D eigenvalue weighted by Crippen LogP contribution is 2.32. The first kappa shape index (κ1) is 22.8. The van der Waals surface area contributed by atoms with Crippen LogP contribution in [0, 0.1) is 10.8 Å². The number of amidine groups is 2. The summed E-state index contributed by atoms with van der Waals surface area (Å²) in [7, 11) is 0. The zero-order chi connectivity index (χ0) is 23.5. The van der Waals surface area contributed by atoms with Crippen LogP contribution in [0.1, 0.15) is 41.7 Å². The van der Waals surface area contributed by atoms with E-state index in [1.165, 1.54) is 0 Å². The number of carboxylic acid groups (broad SMARTS) is 1. The van der Waals surface area contributed by atoms with Crippen LogP contribution in [0.5, 0.6) is 5.75 Å². The molecule has 0 spiro atoms.